The minimum absolute atomic E-state index is 0.172. The largest absolute Gasteiger partial charge is 0.495 e. The van der Waals surface area contributed by atoms with Gasteiger partial charge < -0.3 is 15.2 Å². The fourth-order valence-electron chi connectivity index (χ4n) is 1.26. The van der Waals surface area contributed by atoms with Crippen LogP contribution in [-0.2, 0) is 0 Å². The summed E-state index contributed by atoms with van der Waals surface area (Å²) in [6.45, 7) is 0.266. The monoisotopic (exact) mass is 233 g/mol. The predicted octanol–water partition coefficient (Wildman–Crippen LogP) is 1.74. The molecular weight excluding hydrogens is 221 g/mol. The van der Waals surface area contributed by atoms with Crippen molar-refractivity contribution >= 4 is 11.6 Å². The summed E-state index contributed by atoms with van der Waals surface area (Å²) in [5.41, 5.74) is 0.172. The van der Waals surface area contributed by atoms with E-state index in [1.807, 2.05) is 0 Å². The van der Waals surface area contributed by atoms with Gasteiger partial charge in [-0.25, -0.2) is 4.39 Å². The second-order valence-electron chi connectivity index (χ2n) is 3.08. The van der Waals surface area contributed by atoms with Gasteiger partial charge in [0.2, 0.25) is 0 Å². The first kappa shape index (κ1) is 12.2. The van der Waals surface area contributed by atoms with Gasteiger partial charge in [0.05, 0.1) is 18.2 Å². The van der Waals surface area contributed by atoms with Gasteiger partial charge in [0.15, 0.2) is 0 Å². The van der Waals surface area contributed by atoms with E-state index in [0.717, 1.165) is 6.07 Å². The number of ether oxygens (including phenoxy) is 1. The zero-order valence-corrected chi connectivity index (χ0v) is 9.31. The Bertz CT molecular complexity index is 346. The molecule has 1 aromatic rings. The smallest absolute Gasteiger partial charge is 0.138 e. The van der Waals surface area contributed by atoms with Crippen molar-refractivity contribution in [3.63, 3.8) is 0 Å². The van der Waals surface area contributed by atoms with E-state index < -0.39 is 11.9 Å². The van der Waals surface area contributed by atoms with E-state index in [9.17, 15) is 9.50 Å². The first-order valence-electron chi connectivity index (χ1n) is 4.45. The SMILES string of the molecule is CNCC(O)c1cc(OC)c(Cl)cc1F. The fraction of sp³-hybridized carbons (Fsp3) is 0.400. The molecule has 0 amide bonds. The molecule has 1 rings (SSSR count). The van der Waals surface area contributed by atoms with Crippen molar-refractivity contribution in [2.24, 2.45) is 0 Å². The van der Waals surface area contributed by atoms with Gasteiger partial charge in [0.1, 0.15) is 11.6 Å². The number of aliphatic hydroxyl groups is 1. The quantitative estimate of drug-likeness (QED) is 0.833. The van der Waals surface area contributed by atoms with E-state index in [0.29, 0.717) is 5.75 Å². The molecule has 15 heavy (non-hydrogen) atoms. The lowest BCUT2D eigenvalue weighted by molar-refractivity contribution is 0.172. The molecule has 0 bridgehead atoms. The van der Waals surface area contributed by atoms with Crippen LogP contribution in [0.5, 0.6) is 5.75 Å². The molecule has 0 radical (unpaired) electrons. The van der Waals surface area contributed by atoms with Crippen molar-refractivity contribution < 1.29 is 14.2 Å². The first-order chi connectivity index (χ1) is 7.10. The molecule has 2 N–H and O–H groups in total. The molecule has 0 spiro atoms. The van der Waals surface area contributed by atoms with E-state index in [2.05, 4.69) is 5.32 Å². The fourth-order valence-corrected chi connectivity index (χ4v) is 1.49. The van der Waals surface area contributed by atoms with Crippen molar-refractivity contribution in [1.82, 2.24) is 5.32 Å². The summed E-state index contributed by atoms with van der Waals surface area (Å²) in [4.78, 5) is 0. The molecule has 0 aromatic heterocycles. The van der Waals surface area contributed by atoms with Crippen LogP contribution in [0, 0.1) is 5.82 Å². The van der Waals surface area contributed by atoms with Gasteiger partial charge in [-0.3, -0.25) is 0 Å². The molecule has 0 aliphatic carbocycles. The number of methoxy groups -OCH3 is 1. The lowest BCUT2D eigenvalue weighted by Crippen LogP contribution is -2.17. The second-order valence-corrected chi connectivity index (χ2v) is 3.49. The maximum absolute atomic E-state index is 13.4. The molecule has 0 saturated carbocycles. The first-order valence-corrected chi connectivity index (χ1v) is 4.83. The number of rotatable bonds is 4. The van der Waals surface area contributed by atoms with E-state index in [1.165, 1.54) is 13.2 Å². The van der Waals surface area contributed by atoms with E-state index in [4.69, 9.17) is 16.3 Å². The van der Waals surface area contributed by atoms with Crippen molar-refractivity contribution in [3.05, 3.63) is 28.5 Å². The Morgan fingerprint density at radius 2 is 2.27 bits per heavy atom. The van der Waals surface area contributed by atoms with Crippen LogP contribution in [0.3, 0.4) is 0 Å². The molecule has 1 aromatic carbocycles. The summed E-state index contributed by atoms with van der Waals surface area (Å²) >= 11 is 5.72. The highest BCUT2D eigenvalue weighted by Crippen LogP contribution is 2.30. The molecular formula is C10H13ClFNO2. The lowest BCUT2D eigenvalue weighted by atomic mass is 10.1. The minimum Gasteiger partial charge on any atom is -0.495 e. The van der Waals surface area contributed by atoms with Gasteiger partial charge in [-0.05, 0) is 19.2 Å². The standard InChI is InChI=1S/C10H13ClFNO2/c1-13-5-9(14)6-3-10(15-2)7(11)4-8(6)12/h3-4,9,13-14H,5H2,1-2H3. The second kappa shape index (κ2) is 5.30. The molecule has 5 heteroatoms. The number of hydrogen-bond donors (Lipinski definition) is 2. The molecule has 84 valence electrons. The summed E-state index contributed by atoms with van der Waals surface area (Å²) < 4.78 is 18.4. The normalized spacial score (nSPS) is 12.6. The van der Waals surface area contributed by atoms with Crippen LogP contribution in [-0.4, -0.2) is 25.8 Å². The van der Waals surface area contributed by atoms with Crippen molar-refractivity contribution in [2.45, 2.75) is 6.10 Å². The topological polar surface area (TPSA) is 41.5 Å². The van der Waals surface area contributed by atoms with Crippen LogP contribution in [0.1, 0.15) is 11.7 Å². The number of likely N-dealkylation sites (N-methyl/N-ethyl adjacent to an activating group) is 1. The zero-order chi connectivity index (χ0) is 11.4. The maximum atomic E-state index is 13.4. The summed E-state index contributed by atoms with van der Waals surface area (Å²) in [6, 6.07) is 2.54. The third-order valence-corrected chi connectivity index (χ3v) is 2.32. The van der Waals surface area contributed by atoms with Crippen LogP contribution in [0.4, 0.5) is 4.39 Å². The molecule has 0 heterocycles. The Hall–Kier alpha value is -0.840. The molecule has 0 saturated heterocycles. The highest BCUT2D eigenvalue weighted by atomic mass is 35.5. The van der Waals surface area contributed by atoms with E-state index in [1.54, 1.807) is 7.05 Å². The van der Waals surface area contributed by atoms with Gasteiger partial charge in [-0.15, -0.1) is 0 Å². The predicted molar refractivity (Wildman–Crippen MR) is 56.8 cm³/mol. The van der Waals surface area contributed by atoms with Crippen LogP contribution >= 0.6 is 11.6 Å². The molecule has 1 atom stereocenters. The number of hydrogen-bond acceptors (Lipinski definition) is 3. The summed E-state index contributed by atoms with van der Waals surface area (Å²) in [7, 11) is 3.11. The Labute approximate surface area is 92.8 Å². The van der Waals surface area contributed by atoms with Gasteiger partial charge >= 0.3 is 0 Å². The third kappa shape index (κ3) is 2.81. The highest BCUT2D eigenvalue weighted by molar-refractivity contribution is 6.32. The Kier molecular flexibility index (Phi) is 4.32. The van der Waals surface area contributed by atoms with Crippen molar-refractivity contribution in [2.75, 3.05) is 20.7 Å². The average Bonchev–Trinajstić information content (AvgIpc) is 2.18. The van der Waals surface area contributed by atoms with Gasteiger partial charge in [-0.2, -0.15) is 0 Å². The number of halogens is 2. The Morgan fingerprint density at radius 1 is 1.60 bits per heavy atom. The van der Waals surface area contributed by atoms with E-state index in [-0.39, 0.29) is 17.1 Å². The number of benzene rings is 1. The van der Waals surface area contributed by atoms with Gasteiger partial charge in [0.25, 0.3) is 0 Å². The van der Waals surface area contributed by atoms with Gasteiger partial charge in [0, 0.05) is 12.1 Å². The molecule has 0 aliphatic rings. The molecule has 3 nitrogen and oxygen atoms in total. The number of nitrogens with one attached hydrogen (secondary N) is 1. The van der Waals surface area contributed by atoms with Gasteiger partial charge in [-0.1, -0.05) is 11.6 Å². The molecule has 1 unspecified atom stereocenters. The van der Waals surface area contributed by atoms with E-state index >= 15 is 0 Å². The van der Waals surface area contributed by atoms with Crippen LogP contribution in [0.2, 0.25) is 5.02 Å². The third-order valence-electron chi connectivity index (χ3n) is 2.03. The van der Waals surface area contributed by atoms with Crippen LogP contribution in [0.25, 0.3) is 0 Å². The van der Waals surface area contributed by atoms with Crippen LogP contribution in [0.15, 0.2) is 12.1 Å². The highest BCUT2D eigenvalue weighted by Gasteiger charge is 2.15. The summed E-state index contributed by atoms with van der Waals surface area (Å²) in [5.74, 6) is -0.188. The summed E-state index contributed by atoms with van der Waals surface area (Å²) in [5, 5.41) is 12.6. The molecule has 0 aliphatic heterocycles. The molecule has 0 fully saturated rings. The lowest BCUT2D eigenvalue weighted by Gasteiger charge is -2.13. The van der Waals surface area contributed by atoms with Crippen molar-refractivity contribution in [3.8, 4) is 5.75 Å². The zero-order valence-electron chi connectivity index (χ0n) is 8.55. The maximum Gasteiger partial charge on any atom is 0.138 e. The van der Waals surface area contributed by atoms with Crippen molar-refractivity contribution in [1.29, 1.82) is 0 Å². The minimum atomic E-state index is -0.916. The number of aliphatic hydroxyl groups excluding tert-OH is 1. The van der Waals surface area contributed by atoms with Crippen LogP contribution < -0.4 is 10.1 Å². The average molecular weight is 234 g/mol. The summed E-state index contributed by atoms with van der Waals surface area (Å²) in [6.07, 6.45) is -0.916. The Morgan fingerprint density at radius 3 is 2.80 bits per heavy atom. The Balaban J connectivity index is 3.06.